The molecule has 0 atom stereocenters. The van der Waals surface area contributed by atoms with E-state index >= 15 is 0 Å². The summed E-state index contributed by atoms with van der Waals surface area (Å²) in [4.78, 5) is 28.5. The Bertz CT molecular complexity index is 1370. The lowest BCUT2D eigenvalue weighted by atomic mass is 10.1. The van der Waals surface area contributed by atoms with Crippen LogP contribution in [-0.2, 0) is 16.1 Å². The molecule has 4 aromatic rings. The van der Waals surface area contributed by atoms with Gasteiger partial charge < -0.3 is 21.7 Å². The van der Waals surface area contributed by atoms with Gasteiger partial charge in [0.15, 0.2) is 5.65 Å². The van der Waals surface area contributed by atoms with Gasteiger partial charge in [0.1, 0.15) is 17.3 Å². The number of rotatable bonds is 10. The molecule has 1 aromatic carbocycles. The van der Waals surface area contributed by atoms with E-state index in [4.69, 9.17) is 10.7 Å². The Labute approximate surface area is 199 Å². The predicted molar refractivity (Wildman–Crippen MR) is 133 cm³/mol. The number of benzene rings is 1. The number of nitrogens with one attached hydrogen (secondary N) is 3. The molecule has 5 N–H and O–H groups in total. The van der Waals surface area contributed by atoms with Crippen LogP contribution in [-0.4, -0.2) is 33.0 Å². The SMILES string of the molecule is NC(=O)/C(=C/c1cnn2c(NC3CC3)cc(NCc3ccccc3-c3cccs3)nc12)NC=O. The number of aromatic nitrogens is 3. The summed E-state index contributed by atoms with van der Waals surface area (Å²) < 4.78 is 1.69. The average molecular weight is 474 g/mol. The summed E-state index contributed by atoms with van der Waals surface area (Å²) in [5.41, 5.74) is 8.78. The minimum atomic E-state index is -0.748. The number of nitrogens with two attached hydrogens (primary N) is 1. The molecule has 5 rings (SSSR count). The number of thiophene rings is 1. The molecule has 0 aliphatic heterocycles. The van der Waals surface area contributed by atoms with Gasteiger partial charge in [-0.15, -0.1) is 11.3 Å². The third-order valence-corrected chi connectivity index (χ3v) is 6.38. The zero-order chi connectivity index (χ0) is 23.5. The number of fused-ring (bicyclic) bond motifs is 1. The van der Waals surface area contributed by atoms with E-state index in [-0.39, 0.29) is 5.70 Å². The van der Waals surface area contributed by atoms with E-state index in [1.54, 1.807) is 22.0 Å². The van der Waals surface area contributed by atoms with Gasteiger partial charge in [-0.1, -0.05) is 30.3 Å². The normalized spacial score (nSPS) is 13.6. The van der Waals surface area contributed by atoms with Crippen LogP contribution in [0.4, 0.5) is 11.6 Å². The van der Waals surface area contributed by atoms with Crippen molar-refractivity contribution in [3.05, 3.63) is 70.9 Å². The molecule has 3 heterocycles. The summed E-state index contributed by atoms with van der Waals surface area (Å²) in [6.07, 6.45) is 5.68. The molecule has 9 nitrogen and oxygen atoms in total. The van der Waals surface area contributed by atoms with Crippen LogP contribution in [0.2, 0.25) is 0 Å². The van der Waals surface area contributed by atoms with Gasteiger partial charge in [0.2, 0.25) is 6.41 Å². The van der Waals surface area contributed by atoms with E-state index < -0.39 is 5.91 Å². The molecule has 1 saturated carbocycles. The molecular weight excluding hydrogens is 450 g/mol. The molecule has 0 bridgehead atoms. The van der Waals surface area contributed by atoms with Crippen molar-refractivity contribution in [2.75, 3.05) is 10.6 Å². The van der Waals surface area contributed by atoms with Gasteiger partial charge >= 0.3 is 0 Å². The first-order valence-corrected chi connectivity index (χ1v) is 11.7. The maximum atomic E-state index is 11.7. The van der Waals surface area contributed by atoms with Crippen LogP contribution in [0.3, 0.4) is 0 Å². The molecular formula is C24H23N7O2S. The number of primary amides is 1. The molecule has 10 heteroatoms. The van der Waals surface area contributed by atoms with Crippen LogP contribution >= 0.6 is 11.3 Å². The van der Waals surface area contributed by atoms with Crippen molar-refractivity contribution in [2.24, 2.45) is 5.73 Å². The smallest absolute Gasteiger partial charge is 0.265 e. The number of nitrogens with zero attached hydrogens (tertiary/aromatic N) is 3. The Morgan fingerprint density at radius 3 is 2.82 bits per heavy atom. The Morgan fingerprint density at radius 1 is 1.24 bits per heavy atom. The molecule has 2 amide bonds. The molecule has 1 aliphatic rings. The molecule has 3 aromatic heterocycles. The van der Waals surface area contributed by atoms with Crippen LogP contribution in [0.5, 0.6) is 0 Å². The van der Waals surface area contributed by atoms with Gasteiger partial charge in [-0.25, -0.2) is 4.98 Å². The zero-order valence-corrected chi connectivity index (χ0v) is 19.0. The summed E-state index contributed by atoms with van der Waals surface area (Å²) in [5, 5.41) is 15.8. The molecule has 1 aliphatic carbocycles. The fourth-order valence-corrected chi connectivity index (χ4v) is 4.43. The largest absolute Gasteiger partial charge is 0.367 e. The second kappa shape index (κ2) is 9.36. The molecule has 34 heavy (non-hydrogen) atoms. The second-order valence-electron chi connectivity index (χ2n) is 7.95. The molecule has 0 radical (unpaired) electrons. The fraction of sp³-hybridized carbons (Fsp3) is 0.167. The Morgan fingerprint density at radius 2 is 2.09 bits per heavy atom. The number of amides is 2. The van der Waals surface area contributed by atoms with E-state index in [1.165, 1.54) is 16.5 Å². The molecule has 1 fully saturated rings. The van der Waals surface area contributed by atoms with Gasteiger partial charge in [0, 0.05) is 29.1 Å². The third kappa shape index (κ3) is 4.62. The average Bonchev–Trinajstić information content (AvgIpc) is 3.31. The van der Waals surface area contributed by atoms with E-state index in [0.717, 1.165) is 24.2 Å². The first kappa shape index (κ1) is 21.7. The minimum Gasteiger partial charge on any atom is -0.367 e. The van der Waals surface area contributed by atoms with Crippen molar-refractivity contribution in [1.29, 1.82) is 0 Å². The highest BCUT2D eigenvalue weighted by Crippen LogP contribution is 2.30. The van der Waals surface area contributed by atoms with Crippen molar-refractivity contribution in [3.63, 3.8) is 0 Å². The maximum Gasteiger partial charge on any atom is 0.265 e. The Hall–Kier alpha value is -4.18. The van der Waals surface area contributed by atoms with Crippen LogP contribution in [0.25, 0.3) is 22.2 Å². The predicted octanol–water partition coefficient (Wildman–Crippen LogP) is 3.22. The summed E-state index contributed by atoms with van der Waals surface area (Å²) >= 11 is 1.71. The van der Waals surface area contributed by atoms with Crippen LogP contribution in [0.1, 0.15) is 24.0 Å². The van der Waals surface area contributed by atoms with Crippen molar-refractivity contribution in [3.8, 4) is 10.4 Å². The van der Waals surface area contributed by atoms with Crippen LogP contribution in [0, 0.1) is 0 Å². The quantitative estimate of drug-likeness (QED) is 0.207. The van der Waals surface area contributed by atoms with E-state index in [2.05, 4.69) is 44.6 Å². The Balaban J connectivity index is 1.50. The highest BCUT2D eigenvalue weighted by molar-refractivity contribution is 7.13. The number of hydrogen-bond donors (Lipinski definition) is 4. The van der Waals surface area contributed by atoms with Crippen LogP contribution < -0.4 is 21.7 Å². The second-order valence-corrected chi connectivity index (χ2v) is 8.90. The topological polar surface area (TPSA) is 126 Å². The first-order valence-electron chi connectivity index (χ1n) is 10.8. The fourth-order valence-electron chi connectivity index (χ4n) is 3.65. The first-order chi connectivity index (χ1) is 16.6. The monoisotopic (exact) mass is 473 g/mol. The zero-order valence-electron chi connectivity index (χ0n) is 18.2. The third-order valence-electron chi connectivity index (χ3n) is 5.47. The minimum absolute atomic E-state index is 0.0355. The number of carbonyl (C=O) groups is 2. The van der Waals surface area contributed by atoms with Gasteiger partial charge in [-0.2, -0.15) is 9.61 Å². The Kier molecular flexibility index (Phi) is 5.96. The number of carbonyl (C=O) groups excluding carboxylic acids is 2. The molecule has 172 valence electrons. The lowest BCUT2D eigenvalue weighted by Gasteiger charge is -2.13. The summed E-state index contributed by atoms with van der Waals surface area (Å²) in [7, 11) is 0. The van der Waals surface area contributed by atoms with Gasteiger partial charge in [0.25, 0.3) is 5.91 Å². The maximum absolute atomic E-state index is 11.7. The molecule has 0 unspecified atom stereocenters. The summed E-state index contributed by atoms with van der Waals surface area (Å²) in [5.74, 6) is 0.711. The van der Waals surface area contributed by atoms with E-state index in [1.807, 2.05) is 24.3 Å². The molecule has 0 saturated heterocycles. The van der Waals surface area contributed by atoms with E-state index in [0.29, 0.717) is 36.0 Å². The summed E-state index contributed by atoms with van der Waals surface area (Å²) in [6, 6.07) is 14.8. The lowest BCUT2D eigenvalue weighted by Crippen LogP contribution is -2.24. The van der Waals surface area contributed by atoms with Gasteiger partial charge in [0.05, 0.1) is 6.20 Å². The van der Waals surface area contributed by atoms with Gasteiger partial charge in [-0.3, -0.25) is 9.59 Å². The molecule has 0 spiro atoms. The van der Waals surface area contributed by atoms with Gasteiger partial charge in [-0.05, 0) is 41.5 Å². The summed E-state index contributed by atoms with van der Waals surface area (Å²) in [6.45, 7) is 0.582. The number of anilines is 2. The van der Waals surface area contributed by atoms with Crippen molar-refractivity contribution in [1.82, 2.24) is 19.9 Å². The highest BCUT2D eigenvalue weighted by atomic mass is 32.1. The van der Waals surface area contributed by atoms with Crippen LogP contribution in [0.15, 0.2) is 59.7 Å². The van der Waals surface area contributed by atoms with Crippen molar-refractivity contribution < 1.29 is 9.59 Å². The number of hydrogen-bond acceptors (Lipinski definition) is 7. The standard InChI is InChI=1S/C24H23N7O2S/c25-23(33)19(27-14-32)10-16-13-28-31-22(29-17-7-8-17)11-21(30-24(16)31)26-12-15-4-1-2-5-18(15)20-6-3-9-34-20/h1-6,9-11,13-14,17,29H,7-8,12H2,(H2,25,33)(H,26,30)(H,27,32)/b19-10-. The van der Waals surface area contributed by atoms with E-state index in [9.17, 15) is 9.59 Å². The highest BCUT2D eigenvalue weighted by Gasteiger charge is 2.23. The van der Waals surface area contributed by atoms with Crippen molar-refractivity contribution in [2.45, 2.75) is 25.4 Å². The van der Waals surface area contributed by atoms with Crippen molar-refractivity contribution >= 4 is 47.0 Å². The lowest BCUT2D eigenvalue weighted by molar-refractivity contribution is -0.116.